The molecule has 4 nitrogen and oxygen atoms in total. The summed E-state index contributed by atoms with van der Waals surface area (Å²) in [4.78, 5) is 19.7. The number of para-hydroxylation sites is 1. The zero-order valence-corrected chi connectivity index (χ0v) is 23.5. The summed E-state index contributed by atoms with van der Waals surface area (Å²) in [6, 6.07) is 29.5. The number of allylic oxidation sites excluding steroid dienone is 1. The standard InChI is InChI=1S/C34H24ClFN2O2S/c35-28-14-5-2-10-24(28)20-40-29-15-6-3-9-22(29)19-30-33(39)38-32(23-11-7-12-25(36)18-23)27-17-16-21-8-1-4-13-26(21)31(27)37-34(38)41-30/h1-15,18-19,32H,16-17,20H2/b30-19-/t32-/m0/s1. The van der Waals surface area contributed by atoms with Gasteiger partial charge in [0.1, 0.15) is 18.2 Å². The minimum absolute atomic E-state index is 0.158. The van der Waals surface area contributed by atoms with Crippen molar-refractivity contribution >= 4 is 34.7 Å². The first-order chi connectivity index (χ1) is 20.1. The number of nitrogens with zero attached hydrogens (tertiary/aromatic N) is 2. The molecule has 202 valence electrons. The quantitative estimate of drug-likeness (QED) is 0.233. The van der Waals surface area contributed by atoms with Crippen LogP contribution in [0.3, 0.4) is 0 Å². The number of hydrogen-bond acceptors (Lipinski definition) is 4. The predicted molar refractivity (Wildman–Crippen MR) is 161 cm³/mol. The highest BCUT2D eigenvalue weighted by atomic mass is 35.5. The summed E-state index contributed by atoms with van der Waals surface area (Å²) in [5, 5.41) is 0.640. The molecule has 0 N–H and O–H groups in total. The number of rotatable bonds is 5. The van der Waals surface area contributed by atoms with Gasteiger partial charge in [0.25, 0.3) is 5.56 Å². The monoisotopic (exact) mass is 578 g/mol. The first-order valence-electron chi connectivity index (χ1n) is 13.4. The molecule has 1 aromatic heterocycles. The molecule has 2 aliphatic rings. The minimum Gasteiger partial charge on any atom is -0.488 e. The summed E-state index contributed by atoms with van der Waals surface area (Å²) >= 11 is 7.67. The predicted octanol–water partition coefficient (Wildman–Crippen LogP) is 6.69. The van der Waals surface area contributed by atoms with E-state index in [4.69, 9.17) is 21.3 Å². The van der Waals surface area contributed by atoms with Gasteiger partial charge in [-0.05, 0) is 59.9 Å². The van der Waals surface area contributed by atoms with Crippen molar-refractivity contribution in [2.75, 3.05) is 0 Å². The fraction of sp³-hybridized carbons (Fsp3) is 0.118. The van der Waals surface area contributed by atoms with E-state index in [1.807, 2.05) is 72.8 Å². The van der Waals surface area contributed by atoms with Crippen LogP contribution in [-0.4, -0.2) is 4.57 Å². The van der Waals surface area contributed by atoms with Crippen LogP contribution in [0.4, 0.5) is 4.39 Å². The molecule has 2 heterocycles. The van der Waals surface area contributed by atoms with E-state index >= 15 is 0 Å². The molecule has 41 heavy (non-hydrogen) atoms. The van der Waals surface area contributed by atoms with E-state index in [1.165, 1.54) is 29.0 Å². The Bertz CT molecular complexity index is 2030. The molecule has 1 atom stereocenters. The van der Waals surface area contributed by atoms with Gasteiger partial charge in [-0.15, -0.1) is 0 Å². The average Bonchev–Trinajstić information content (AvgIpc) is 3.30. The first-order valence-corrected chi connectivity index (χ1v) is 14.6. The fourth-order valence-electron chi connectivity index (χ4n) is 5.64. The zero-order chi connectivity index (χ0) is 27.9. The molecule has 0 saturated carbocycles. The van der Waals surface area contributed by atoms with E-state index in [-0.39, 0.29) is 11.4 Å². The van der Waals surface area contributed by atoms with Gasteiger partial charge in [-0.25, -0.2) is 9.38 Å². The lowest BCUT2D eigenvalue weighted by atomic mass is 9.83. The summed E-state index contributed by atoms with van der Waals surface area (Å²) in [5.74, 6) is 0.317. The maximum atomic E-state index is 14.5. The first kappa shape index (κ1) is 25.7. The van der Waals surface area contributed by atoms with E-state index in [0.29, 0.717) is 26.7 Å². The second-order valence-corrected chi connectivity index (χ2v) is 11.5. The molecule has 0 saturated heterocycles. The molecule has 0 unspecified atom stereocenters. The molecule has 0 bridgehead atoms. The number of hydrogen-bond donors (Lipinski definition) is 0. The van der Waals surface area contributed by atoms with E-state index in [0.717, 1.165) is 46.4 Å². The molecule has 5 aromatic rings. The van der Waals surface area contributed by atoms with Crippen LogP contribution in [0.5, 0.6) is 5.75 Å². The molecular formula is C34H24ClFN2O2S. The Balaban J connectivity index is 1.37. The Morgan fingerprint density at radius 1 is 0.976 bits per heavy atom. The number of halogens is 2. The van der Waals surface area contributed by atoms with Crippen LogP contribution < -0.4 is 19.6 Å². The second-order valence-electron chi connectivity index (χ2n) is 10.1. The smallest absolute Gasteiger partial charge is 0.271 e. The van der Waals surface area contributed by atoms with Gasteiger partial charge in [0.05, 0.1) is 16.3 Å². The molecule has 1 aliphatic carbocycles. The molecule has 0 fully saturated rings. The van der Waals surface area contributed by atoms with Gasteiger partial charge in [-0.1, -0.05) is 95.7 Å². The summed E-state index contributed by atoms with van der Waals surface area (Å²) in [6.07, 6.45) is 3.45. The van der Waals surface area contributed by atoms with Crippen LogP contribution in [0.15, 0.2) is 112 Å². The van der Waals surface area contributed by atoms with Gasteiger partial charge >= 0.3 is 0 Å². The highest BCUT2D eigenvalue weighted by molar-refractivity contribution is 7.07. The van der Waals surface area contributed by atoms with Crippen molar-refractivity contribution in [2.24, 2.45) is 4.99 Å². The SMILES string of the molecule is O=c1/c(=C/c2ccccc2OCc2ccccc2Cl)sc2n1[C@@H](c1cccc(F)c1)C1=C(N=2)c2ccccc2CC1. The van der Waals surface area contributed by atoms with E-state index < -0.39 is 6.04 Å². The third-order valence-electron chi connectivity index (χ3n) is 7.58. The Hall–Kier alpha value is -4.26. The van der Waals surface area contributed by atoms with Crippen LogP contribution in [0.25, 0.3) is 11.8 Å². The largest absolute Gasteiger partial charge is 0.488 e. The summed E-state index contributed by atoms with van der Waals surface area (Å²) in [7, 11) is 0. The van der Waals surface area contributed by atoms with Crippen molar-refractivity contribution in [1.29, 1.82) is 0 Å². The summed E-state index contributed by atoms with van der Waals surface area (Å²) in [5.41, 5.74) is 6.47. The third kappa shape index (κ3) is 4.73. The van der Waals surface area contributed by atoms with Crippen molar-refractivity contribution in [2.45, 2.75) is 25.5 Å². The normalized spacial score (nSPS) is 16.0. The van der Waals surface area contributed by atoms with Gasteiger partial charge in [0.15, 0.2) is 4.80 Å². The maximum Gasteiger partial charge on any atom is 0.271 e. The minimum atomic E-state index is -0.431. The van der Waals surface area contributed by atoms with Crippen LogP contribution in [0.2, 0.25) is 5.02 Å². The number of fused-ring (bicyclic) bond motifs is 3. The van der Waals surface area contributed by atoms with E-state index in [1.54, 1.807) is 10.6 Å². The molecule has 0 amide bonds. The van der Waals surface area contributed by atoms with E-state index in [9.17, 15) is 9.18 Å². The molecular weight excluding hydrogens is 555 g/mol. The van der Waals surface area contributed by atoms with Crippen molar-refractivity contribution in [3.63, 3.8) is 0 Å². The number of benzene rings is 4. The van der Waals surface area contributed by atoms with Crippen molar-refractivity contribution in [1.82, 2.24) is 4.57 Å². The van der Waals surface area contributed by atoms with Gasteiger partial charge in [-0.3, -0.25) is 9.36 Å². The van der Waals surface area contributed by atoms with Crippen LogP contribution in [-0.2, 0) is 13.0 Å². The van der Waals surface area contributed by atoms with Crippen LogP contribution >= 0.6 is 22.9 Å². The summed E-state index contributed by atoms with van der Waals surface area (Å²) in [6.45, 7) is 0.303. The van der Waals surface area contributed by atoms with Crippen LogP contribution in [0.1, 0.15) is 40.3 Å². The van der Waals surface area contributed by atoms with Gasteiger partial charge in [-0.2, -0.15) is 0 Å². The molecule has 7 rings (SSSR count). The molecule has 0 radical (unpaired) electrons. The lowest BCUT2D eigenvalue weighted by molar-refractivity contribution is 0.305. The number of aryl methyl sites for hydroxylation is 1. The Morgan fingerprint density at radius 2 is 1.78 bits per heavy atom. The molecule has 1 aliphatic heterocycles. The topological polar surface area (TPSA) is 43.6 Å². The van der Waals surface area contributed by atoms with Crippen molar-refractivity contribution in [3.05, 3.63) is 161 Å². The Kier molecular flexibility index (Phi) is 6.65. The van der Waals surface area contributed by atoms with Crippen LogP contribution in [0, 0.1) is 5.82 Å². The number of ether oxygens (including phenoxy) is 1. The number of aromatic nitrogens is 1. The van der Waals surface area contributed by atoms with Gasteiger partial charge < -0.3 is 4.74 Å². The van der Waals surface area contributed by atoms with Crippen molar-refractivity contribution < 1.29 is 9.13 Å². The lowest BCUT2D eigenvalue weighted by Gasteiger charge is -2.30. The Labute approximate surface area is 245 Å². The third-order valence-corrected chi connectivity index (χ3v) is 8.94. The average molecular weight is 579 g/mol. The van der Waals surface area contributed by atoms with E-state index in [2.05, 4.69) is 12.1 Å². The summed E-state index contributed by atoms with van der Waals surface area (Å²) < 4.78 is 22.9. The maximum absolute atomic E-state index is 14.5. The molecule has 4 aromatic carbocycles. The molecule has 0 spiro atoms. The second kappa shape index (κ2) is 10.6. The fourth-order valence-corrected chi connectivity index (χ4v) is 6.82. The number of thiazole rings is 1. The lowest BCUT2D eigenvalue weighted by Crippen LogP contribution is -2.38. The Morgan fingerprint density at radius 3 is 2.66 bits per heavy atom. The zero-order valence-electron chi connectivity index (χ0n) is 21.9. The van der Waals surface area contributed by atoms with Crippen molar-refractivity contribution in [3.8, 4) is 5.75 Å². The highest BCUT2D eigenvalue weighted by Gasteiger charge is 2.32. The highest BCUT2D eigenvalue weighted by Crippen LogP contribution is 2.41. The van der Waals surface area contributed by atoms with Gasteiger partial charge in [0, 0.05) is 21.7 Å². The molecule has 7 heteroatoms. The van der Waals surface area contributed by atoms with Gasteiger partial charge in [0.2, 0.25) is 0 Å².